The summed E-state index contributed by atoms with van der Waals surface area (Å²) in [4.78, 5) is 0. The van der Waals surface area contributed by atoms with Gasteiger partial charge < -0.3 is 0 Å². The molecule has 2 heteroatoms. The molecule has 0 aliphatic heterocycles. The Hall–Kier alpha value is -4.81. The number of benzene rings is 9. The van der Waals surface area contributed by atoms with Crippen LogP contribution < -0.4 is 0 Å². The Labute approximate surface area is 381 Å². The molecule has 9 aromatic rings. The quantitative estimate of drug-likeness (QED) is 0.134. The van der Waals surface area contributed by atoms with Gasteiger partial charge in [0, 0.05) is 65.4 Å². The predicted octanol–water partition coefficient (Wildman–Crippen LogP) is 14.2. The third-order valence-electron chi connectivity index (χ3n) is 9.95. The van der Waals surface area contributed by atoms with Crippen LogP contribution in [-0.2, 0) is 65.4 Å². The largest absolute Gasteiger partial charge is 0.226 e. The van der Waals surface area contributed by atoms with Crippen LogP contribution >= 0.6 is 0 Å². The summed E-state index contributed by atoms with van der Waals surface area (Å²) in [5.74, 6) is 0. The smallest absolute Gasteiger partial charge is 0 e. The molecule has 0 atom stereocenters. The summed E-state index contributed by atoms with van der Waals surface area (Å²) in [6.45, 7) is 0. The van der Waals surface area contributed by atoms with Crippen molar-refractivity contribution in [3.05, 3.63) is 231 Å². The number of rotatable bonds is 8. The molecule has 0 N–H and O–H groups in total. The maximum absolute atomic E-state index is 3.66. The number of hydrogen-bond donors (Lipinski definition) is 0. The van der Waals surface area contributed by atoms with Gasteiger partial charge in [0.05, 0.1) is 0 Å². The molecule has 0 bridgehead atoms. The third kappa shape index (κ3) is 8.04. The van der Waals surface area contributed by atoms with Crippen molar-refractivity contribution >= 4 is 0 Å². The number of hydrogen-bond acceptors (Lipinski definition) is 0. The fourth-order valence-corrected chi connectivity index (χ4v) is 7.52. The van der Waals surface area contributed by atoms with Crippen molar-refractivity contribution in [3.8, 4) is 89.0 Å². The van der Waals surface area contributed by atoms with Crippen LogP contribution in [0.3, 0.4) is 0 Å². The first kappa shape index (κ1) is 39.4. The van der Waals surface area contributed by atoms with Gasteiger partial charge in [-0.05, 0) is 44.5 Å². The van der Waals surface area contributed by atoms with E-state index in [2.05, 4.69) is 194 Å². The van der Waals surface area contributed by atoms with E-state index in [0.717, 1.165) is 66.8 Å². The van der Waals surface area contributed by atoms with E-state index in [1.54, 1.807) is 0 Å². The predicted molar refractivity (Wildman–Crippen MR) is 225 cm³/mol. The summed E-state index contributed by atoms with van der Waals surface area (Å²) in [5, 5.41) is 0. The minimum atomic E-state index is 0. The van der Waals surface area contributed by atoms with Gasteiger partial charge in [0.15, 0.2) is 0 Å². The molecule has 0 aromatic heterocycles. The minimum Gasteiger partial charge on any atom is -0.226 e. The molecule has 0 nitrogen and oxygen atoms in total. The first-order valence-electron chi connectivity index (χ1n) is 18.3. The van der Waals surface area contributed by atoms with Crippen LogP contribution in [0.2, 0.25) is 0 Å². The molecule has 0 spiro atoms. The molecule has 0 unspecified atom stereocenters. The SMILES string of the molecule is [Y].[Y].[c-]1ccccc1-c1[c-]cc(-c2c(-c3c[c-]c(-c4[c-]cccc4)cc3)c(-c3ccccc3)c(-c3ccccc3)c(-c3ccccc3)c2-c2ccccc2)cc1. The molecule has 0 fully saturated rings. The molecule has 0 aliphatic carbocycles. The van der Waals surface area contributed by atoms with Crippen molar-refractivity contribution in [2.45, 2.75) is 0 Å². The molecule has 260 valence electrons. The summed E-state index contributed by atoms with van der Waals surface area (Å²) in [5.41, 5.74) is 17.8. The molecule has 0 saturated heterocycles. The fraction of sp³-hybridized carbons (Fsp3) is 0. The van der Waals surface area contributed by atoms with Crippen molar-refractivity contribution in [3.63, 3.8) is 0 Å². The van der Waals surface area contributed by atoms with Crippen LogP contribution in [0.15, 0.2) is 206 Å². The molecule has 0 aliphatic rings. The Morgan fingerprint density at radius 3 is 0.732 bits per heavy atom. The second-order valence-corrected chi connectivity index (χ2v) is 13.2. The zero-order valence-electron chi connectivity index (χ0n) is 30.8. The molecular weight excluding hydrogens is 826 g/mol. The maximum Gasteiger partial charge on any atom is 0 e. The van der Waals surface area contributed by atoms with E-state index in [-0.39, 0.29) is 65.4 Å². The summed E-state index contributed by atoms with van der Waals surface area (Å²) < 4.78 is 0. The first-order valence-corrected chi connectivity index (χ1v) is 18.3. The molecule has 0 heterocycles. The van der Waals surface area contributed by atoms with Gasteiger partial charge in [-0.2, -0.15) is 72.8 Å². The van der Waals surface area contributed by atoms with Gasteiger partial charge in [-0.3, -0.25) is 0 Å². The van der Waals surface area contributed by atoms with E-state index in [1.165, 1.54) is 22.3 Å². The van der Waals surface area contributed by atoms with Gasteiger partial charge in [0.2, 0.25) is 0 Å². The van der Waals surface area contributed by atoms with Gasteiger partial charge in [-0.1, -0.05) is 132 Å². The normalized spacial score (nSPS) is 10.6. The first-order chi connectivity index (χ1) is 26.8. The van der Waals surface area contributed by atoms with Crippen LogP contribution in [-0.4, -0.2) is 0 Å². The molecule has 0 amide bonds. The van der Waals surface area contributed by atoms with Crippen LogP contribution in [0.1, 0.15) is 0 Å². The molecule has 56 heavy (non-hydrogen) atoms. The van der Waals surface area contributed by atoms with Crippen molar-refractivity contribution < 1.29 is 65.4 Å². The summed E-state index contributed by atoms with van der Waals surface area (Å²) in [6.07, 6.45) is 0. The topological polar surface area (TPSA) is 0 Å². The van der Waals surface area contributed by atoms with E-state index < -0.39 is 0 Å². The van der Waals surface area contributed by atoms with Gasteiger partial charge in [0.25, 0.3) is 0 Å². The van der Waals surface area contributed by atoms with Crippen molar-refractivity contribution in [1.82, 2.24) is 0 Å². The molecule has 2 radical (unpaired) electrons. The van der Waals surface area contributed by atoms with Gasteiger partial charge in [0.1, 0.15) is 0 Å². The molecule has 0 saturated carbocycles. The summed E-state index contributed by atoms with van der Waals surface area (Å²) in [7, 11) is 0. The summed E-state index contributed by atoms with van der Waals surface area (Å²) >= 11 is 0. The Morgan fingerprint density at radius 2 is 0.482 bits per heavy atom. The maximum atomic E-state index is 3.66. The summed E-state index contributed by atoms with van der Waals surface area (Å²) in [6, 6.07) is 86.9. The van der Waals surface area contributed by atoms with E-state index in [1.807, 2.05) is 36.4 Å². The Bertz CT molecular complexity index is 2430. The Morgan fingerprint density at radius 1 is 0.214 bits per heavy atom. The minimum absolute atomic E-state index is 0. The second kappa shape index (κ2) is 18.4. The average molecular weight is 861 g/mol. The fourth-order valence-electron chi connectivity index (χ4n) is 7.52. The van der Waals surface area contributed by atoms with Gasteiger partial charge in [-0.25, -0.2) is 22.3 Å². The van der Waals surface area contributed by atoms with E-state index in [0.29, 0.717) is 0 Å². The van der Waals surface area contributed by atoms with Gasteiger partial charge in [-0.15, -0.1) is 47.5 Å². The molecule has 9 aromatic carbocycles. The van der Waals surface area contributed by atoms with Crippen molar-refractivity contribution in [2.75, 3.05) is 0 Å². The van der Waals surface area contributed by atoms with Crippen molar-refractivity contribution in [2.24, 2.45) is 0 Å². The molecule has 9 rings (SSSR count). The van der Waals surface area contributed by atoms with E-state index >= 15 is 0 Å². The van der Waals surface area contributed by atoms with Crippen LogP contribution in [0, 0.1) is 24.3 Å². The second-order valence-electron chi connectivity index (χ2n) is 13.2. The standard InChI is InChI=1S/C54H34.2Y/c1-7-19-39(20-8-1)41-31-35-47(36-32-41)53-51(45-27-15-5-16-28-45)49(43-23-11-3-12-24-43)50(44-25-13-4-14-26-44)52(46-29-17-6-18-30-46)54(53)48-37-33-42(34-38-48)40-21-9-2-10-22-40;;/h1-19,21,23-31,33,35-38H;;/q-4;;. The Balaban J connectivity index is 0.00000240. The van der Waals surface area contributed by atoms with E-state index in [9.17, 15) is 0 Å². The van der Waals surface area contributed by atoms with Crippen LogP contribution in [0.5, 0.6) is 0 Å². The van der Waals surface area contributed by atoms with E-state index in [4.69, 9.17) is 0 Å². The third-order valence-corrected chi connectivity index (χ3v) is 9.95. The zero-order valence-corrected chi connectivity index (χ0v) is 36.5. The van der Waals surface area contributed by atoms with Crippen molar-refractivity contribution in [1.29, 1.82) is 0 Å². The zero-order chi connectivity index (χ0) is 36.1. The van der Waals surface area contributed by atoms with Gasteiger partial charge >= 0.3 is 0 Å². The Kier molecular flexibility index (Phi) is 13.0. The molecular formula is C54H34Y2-4. The monoisotopic (exact) mass is 860 g/mol. The van der Waals surface area contributed by atoms with Crippen LogP contribution in [0.4, 0.5) is 0 Å². The average Bonchev–Trinajstić information content (AvgIpc) is 3.27. The van der Waals surface area contributed by atoms with Crippen LogP contribution in [0.25, 0.3) is 89.0 Å².